The summed E-state index contributed by atoms with van der Waals surface area (Å²) in [5.74, 6) is 0.924. The minimum absolute atomic E-state index is 0.0894. The minimum atomic E-state index is 0.0894. The van der Waals surface area contributed by atoms with E-state index in [9.17, 15) is 4.79 Å². The summed E-state index contributed by atoms with van der Waals surface area (Å²) in [7, 11) is 3.51. The van der Waals surface area contributed by atoms with Crippen LogP contribution in [0.4, 0.5) is 0 Å². The summed E-state index contributed by atoms with van der Waals surface area (Å²) in [4.78, 5) is 13.0. The van der Waals surface area contributed by atoms with E-state index in [1.54, 1.807) is 19.0 Å². The number of rotatable bonds is 7. The molecule has 4 heteroatoms. The number of hydrogen-bond acceptors (Lipinski definition) is 3. The van der Waals surface area contributed by atoms with Crippen molar-refractivity contribution in [1.29, 1.82) is 0 Å². The predicted molar refractivity (Wildman–Crippen MR) is 75.1 cm³/mol. The SMILES string of the molecule is CN(C)C(=O)CCOc1cccc(CNC2CC2)c1. The van der Waals surface area contributed by atoms with Crippen LogP contribution in [-0.2, 0) is 11.3 Å². The Kier molecular flexibility index (Phi) is 4.80. The van der Waals surface area contributed by atoms with E-state index in [1.165, 1.54) is 18.4 Å². The van der Waals surface area contributed by atoms with Crippen LogP contribution < -0.4 is 10.1 Å². The number of nitrogens with zero attached hydrogens (tertiary/aromatic N) is 1. The van der Waals surface area contributed by atoms with Gasteiger partial charge in [-0.3, -0.25) is 4.79 Å². The van der Waals surface area contributed by atoms with Crippen molar-refractivity contribution < 1.29 is 9.53 Å². The minimum Gasteiger partial charge on any atom is -0.493 e. The van der Waals surface area contributed by atoms with Crippen LogP contribution in [0.2, 0.25) is 0 Å². The lowest BCUT2D eigenvalue weighted by molar-refractivity contribution is -0.129. The molecule has 0 saturated heterocycles. The van der Waals surface area contributed by atoms with Gasteiger partial charge < -0.3 is 15.0 Å². The zero-order chi connectivity index (χ0) is 13.7. The van der Waals surface area contributed by atoms with Crippen LogP contribution >= 0.6 is 0 Å². The first kappa shape index (κ1) is 13.9. The van der Waals surface area contributed by atoms with Gasteiger partial charge in [0.2, 0.25) is 5.91 Å². The average Bonchev–Trinajstić information content (AvgIpc) is 3.20. The fourth-order valence-corrected chi connectivity index (χ4v) is 1.77. The quantitative estimate of drug-likeness (QED) is 0.814. The molecule has 1 aliphatic rings. The predicted octanol–water partition coefficient (Wildman–Crippen LogP) is 1.80. The fraction of sp³-hybridized carbons (Fsp3) is 0.533. The van der Waals surface area contributed by atoms with E-state index in [-0.39, 0.29) is 5.91 Å². The first-order chi connectivity index (χ1) is 9.15. The molecule has 0 heterocycles. The highest BCUT2D eigenvalue weighted by atomic mass is 16.5. The highest BCUT2D eigenvalue weighted by Gasteiger charge is 2.19. The smallest absolute Gasteiger partial charge is 0.225 e. The molecule has 0 atom stereocenters. The molecule has 1 aliphatic carbocycles. The van der Waals surface area contributed by atoms with E-state index in [0.29, 0.717) is 19.1 Å². The van der Waals surface area contributed by atoms with Crippen molar-refractivity contribution in [3.8, 4) is 5.75 Å². The molecule has 4 nitrogen and oxygen atoms in total. The van der Waals surface area contributed by atoms with Crippen molar-refractivity contribution >= 4 is 5.91 Å². The first-order valence-corrected chi connectivity index (χ1v) is 6.80. The van der Waals surface area contributed by atoms with Gasteiger partial charge in [0, 0.05) is 26.7 Å². The number of hydrogen-bond donors (Lipinski definition) is 1. The van der Waals surface area contributed by atoms with Crippen molar-refractivity contribution in [3.63, 3.8) is 0 Å². The number of amides is 1. The Hall–Kier alpha value is -1.55. The Bertz CT molecular complexity index is 428. The maximum absolute atomic E-state index is 11.4. The molecule has 0 aromatic heterocycles. The van der Waals surface area contributed by atoms with E-state index in [4.69, 9.17) is 4.74 Å². The number of carbonyl (C=O) groups is 1. The molecule has 0 unspecified atom stereocenters. The third kappa shape index (κ3) is 4.91. The van der Waals surface area contributed by atoms with Crippen LogP contribution in [0, 0.1) is 0 Å². The second-order valence-electron chi connectivity index (χ2n) is 5.19. The van der Waals surface area contributed by atoms with E-state index < -0.39 is 0 Å². The molecule has 1 fully saturated rings. The van der Waals surface area contributed by atoms with E-state index >= 15 is 0 Å². The van der Waals surface area contributed by atoms with Crippen LogP contribution in [0.25, 0.3) is 0 Å². The van der Waals surface area contributed by atoms with E-state index in [1.807, 2.05) is 18.2 Å². The standard InChI is InChI=1S/C15H22N2O2/c1-17(2)15(18)8-9-19-14-5-3-4-12(10-14)11-16-13-6-7-13/h3-5,10,13,16H,6-9,11H2,1-2H3. The Labute approximate surface area is 114 Å². The summed E-state index contributed by atoms with van der Waals surface area (Å²) in [6, 6.07) is 8.76. The van der Waals surface area contributed by atoms with Gasteiger partial charge in [-0.25, -0.2) is 0 Å². The first-order valence-electron chi connectivity index (χ1n) is 6.80. The summed E-state index contributed by atoms with van der Waals surface area (Å²) in [5, 5.41) is 3.47. The molecule has 19 heavy (non-hydrogen) atoms. The lowest BCUT2D eigenvalue weighted by Gasteiger charge is -2.11. The second kappa shape index (κ2) is 6.57. The Balaban J connectivity index is 1.76. The van der Waals surface area contributed by atoms with E-state index in [2.05, 4.69) is 11.4 Å². The van der Waals surface area contributed by atoms with Gasteiger partial charge in [-0.15, -0.1) is 0 Å². The molecule has 1 aromatic carbocycles. The Morgan fingerprint density at radius 3 is 2.89 bits per heavy atom. The zero-order valence-corrected chi connectivity index (χ0v) is 11.7. The van der Waals surface area contributed by atoms with Crippen LogP contribution in [0.5, 0.6) is 5.75 Å². The summed E-state index contributed by atoms with van der Waals surface area (Å²) < 4.78 is 5.61. The van der Waals surface area contributed by atoms with Gasteiger partial charge in [0.15, 0.2) is 0 Å². The molecular weight excluding hydrogens is 240 g/mol. The summed E-state index contributed by atoms with van der Waals surface area (Å²) in [5.41, 5.74) is 1.23. The number of carbonyl (C=O) groups excluding carboxylic acids is 1. The summed E-state index contributed by atoms with van der Waals surface area (Å²) in [6.45, 7) is 1.31. The normalized spacial score (nSPS) is 14.2. The molecule has 0 radical (unpaired) electrons. The van der Waals surface area contributed by atoms with Crippen molar-refractivity contribution in [1.82, 2.24) is 10.2 Å². The Morgan fingerprint density at radius 1 is 1.42 bits per heavy atom. The number of benzene rings is 1. The molecule has 1 N–H and O–H groups in total. The lowest BCUT2D eigenvalue weighted by Crippen LogP contribution is -2.23. The van der Waals surface area contributed by atoms with E-state index in [0.717, 1.165) is 12.3 Å². The van der Waals surface area contributed by atoms with Gasteiger partial charge in [-0.05, 0) is 30.5 Å². The molecule has 1 aromatic rings. The fourth-order valence-electron chi connectivity index (χ4n) is 1.77. The van der Waals surface area contributed by atoms with Crippen LogP contribution in [-0.4, -0.2) is 37.6 Å². The molecule has 1 amide bonds. The third-order valence-electron chi connectivity index (χ3n) is 3.15. The monoisotopic (exact) mass is 262 g/mol. The maximum Gasteiger partial charge on any atom is 0.225 e. The van der Waals surface area contributed by atoms with Gasteiger partial charge >= 0.3 is 0 Å². The van der Waals surface area contributed by atoms with Crippen LogP contribution in [0.1, 0.15) is 24.8 Å². The third-order valence-corrected chi connectivity index (χ3v) is 3.15. The second-order valence-corrected chi connectivity index (χ2v) is 5.19. The molecule has 2 rings (SSSR count). The van der Waals surface area contributed by atoms with Crippen LogP contribution in [0.3, 0.4) is 0 Å². The van der Waals surface area contributed by atoms with Gasteiger partial charge in [-0.2, -0.15) is 0 Å². The van der Waals surface area contributed by atoms with Crippen molar-refractivity contribution in [2.45, 2.75) is 31.8 Å². The average molecular weight is 262 g/mol. The van der Waals surface area contributed by atoms with Crippen molar-refractivity contribution in [2.75, 3.05) is 20.7 Å². The molecule has 1 saturated carbocycles. The summed E-state index contributed by atoms with van der Waals surface area (Å²) >= 11 is 0. The topological polar surface area (TPSA) is 41.6 Å². The van der Waals surface area contributed by atoms with Crippen molar-refractivity contribution in [3.05, 3.63) is 29.8 Å². The van der Waals surface area contributed by atoms with Gasteiger partial charge in [0.1, 0.15) is 5.75 Å². The van der Waals surface area contributed by atoms with Crippen LogP contribution in [0.15, 0.2) is 24.3 Å². The molecule has 0 aliphatic heterocycles. The molecule has 104 valence electrons. The highest BCUT2D eigenvalue weighted by molar-refractivity contribution is 5.75. The number of ether oxygens (including phenoxy) is 1. The molecular formula is C15H22N2O2. The highest BCUT2D eigenvalue weighted by Crippen LogP contribution is 2.20. The maximum atomic E-state index is 11.4. The summed E-state index contributed by atoms with van der Waals surface area (Å²) in [6.07, 6.45) is 3.00. The Morgan fingerprint density at radius 2 is 2.21 bits per heavy atom. The largest absolute Gasteiger partial charge is 0.493 e. The van der Waals surface area contributed by atoms with Crippen molar-refractivity contribution in [2.24, 2.45) is 0 Å². The molecule has 0 spiro atoms. The van der Waals surface area contributed by atoms with Gasteiger partial charge in [0.05, 0.1) is 13.0 Å². The van der Waals surface area contributed by atoms with Gasteiger partial charge in [-0.1, -0.05) is 12.1 Å². The number of nitrogens with one attached hydrogen (secondary N) is 1. The molecule has 0 bridgehead atoms. The lowest BCUT2D eigenvalue weighted by atomic mass is 10.2. The van der Waals surface area contributed by atoms with Gasteiger partial charge in [0.25, 0.3) is 0 Å². The zero-order valence-electron chi connectivity index (χ0n) is 11.7.